The molecule has 3 rings (SSSR count). The summed E-state index contributed by atoms with van der Waals surface area (Å²) in [6.07, 6.45) is 0.697. The maximum absolute atomic E-state index is 12.4. The molecule has 1 aromatic carbocycles. The van der Waals surface area contributed by atoms with Crippen LogP contribution in [0.2, 0.25) is 0 Å². The molecular formula is C16H16N2O6S. The minimum Gasteiger partial charge on any atom is -0.481 e. The van der Waals surface area contributed by atoms with Crippen LogP contribution in [0, 0.1) is 15.5 Å². The Hall–Kier alpha value is -2.52. The van der Waals surface area contributed by atoms with Gasteiger partial charge in [-0.1, -0.05) is 0 Å². The highest BCUT2D eigenvalue weighted by molar-refractivity contribution is 7.20. The molecule has 0 unspecified atom stereocenters. The molecule has 1 amide bonds. The van der Waals surface area contributed by atoms with E-state index in [0.717, 1.165) is 4.70 Å². The van der Waals surface area contributed by atoms with Crippen LogP contribution in [0.15, 0.2) is 24.3 Å². The quantitative estimate of drug-likeness (QED) is 0.621. The van der Waals surface area contributed by atoms with Crippen molar-refractivity contribution in [3.05, 3.63) is 39.3 Å². The van der Waals surface area contributed by atoms with E-state index in [-0.39, 0.29) is 18.1 Å². The molecule has 9 heteroatoms. The first kappa shape index (κ1) is 17.3. The van der Waals surface area contributed by atoms with Gasteiger partial charge in [0.05, 0.1) is 15.2 Å². The number of nitro groups is 1. The summed E-state index contributed by atoms with van der Waals surface area (Å²) in [5, 5.41) is 23.6. The van der Waals surface area contributed by atoms with Gasteiger partial charge < -0.3 is 15.2 Å². The number of rotatable bonds is 5. The predicted octanol–water partition coefficient (Wildman–Crippen LogP) is 2.42. The third-order valence-electron chi connectivity index (χ3n) is 4.43. The Balaban J connectivity index is 1.75. The topological polar surface area (TPSA) is 119 Å². The lowest BCUT2D eigenvalue weighted by atomic mass is 9.80. The first-order valence-corrected chi connectivity index (χ1v) is 8.50. The first-order chi connectivity index (χ1) is 11.9. The smallest absolute Gasteiger partial charge is 0.311 e. The number of aliphatic carboxylic acids is 1. The molecule has 25 heavy (non-hydrogen) atoms. The SMILES string of the molecule is O=C(NCC1(C(=O)O)CCOCC1)c1cc2cc([N+](=O)[O-])ccc2s1. The van der Waals surface area contributed by atoms with E-state index in [9.17, 15) is 24.8 Å². The van der Waals surface area contributed by atoms with Crippen molar-refractivity contribution < 1.29 is 24.4 Å². The van der Waals surface area contributed by atoms with Crippen molar-refractivity contribution in [3.63, 3.8) is 0 Å². The summed E-state index contributed by atoms with van der Waals surface area (Å²) in [5.41, 5.74) is -1.05. The van der Waals surface area contributed by atoms with Crippen LogP contribution in [0.4, 0.5) is 5.69 Å². The van der Waals surface area contributed by atoms with Crippen LogP contribution in [0.3, 0.4) is 0 Å². The van der Waals surface area contributed by atoms with Crippen LogP contribution < -0.4 is 5.32 Å². The summed E-state index contributed by atoms with van der Waals surface area (Å²) in [7, 11) is 0. The maximum Gasteiger partial charge on any atom is 0.311 e. The van der Waals surface area contributed by atoms with Gasteiger partial charge in [0.2, 0.25) is 0 Å². The Morgan fingerprint density at radius 3 is 2.68 bits per heavy atom. The number of nitrogens with zero attached hydrogens (tertiary/aromatic N) is 1. The molecule has 2 N–H and O–H groups in total. The molecule has 0 spiro atoms. The second kappa shape index (κ2) is 6.77. The molecule has 0 saturated carbocycles. The summed E-state index contributed by atoms with van der Waals surface area (Å²) in [6, 6.07) is 5.99. The third kappa shape index (κ3) is 3.47. The number of amides is 1. The number of hydrogen-bond donors (Lipinski definition) is 2. The standard InChI is InChI=1S/C16H16N2O6S/c19-14(17-9-16(15(20)21)3-5-24-6-4-16)13-8-10-7-11(18(22)23)1-2-12(10)25-13/h1-2,7-8H,3-6,9H2,(H,17,19)(H,20,21). The van der Waals surface area contributed by atoms with Gasteiger partial charge in [-0.05, 0) is 25.0 Å². The molecule has 0 aliphatic carbocycles. The molecule has 2 aromatic rings. The molecule has 1 fully saturated rings. The maximum atomic E-state index is 12.4. The summed E-state index contributed by atoms with van der Waals surface area (Å²) in [4.78, 5) is 34.7. The van der Waals surface area contributed by atoms with Gasteiger partial charge in [0, 0.05) is 42.0 Å². The number of fused-ring (bicyclic) bond motifs is 1. The van der Waals surface area contributed by atoms with Crippen molar-refractivity contribution in [1.29, 1.82) is 0 Å². The Labute approximate surface area is 146 Å². The lowest BCUT2D eigenvalue weighted by molar-refractivity contribution is -0.384. The second-order valence-corrected chi connectivity index (χ2v) is 7.05. The zero-order chi connectivity index (χ0) is 18.0. The zero-order valence-electron chi connectivity index (χ0n) is 13.2. The molecule has 132 valence electrons. The second-order valence-electron chi connectivity index (χ2n) is 5.97. The van der Waals surface area contributed by atoms with Gasteiger partial charge in [-0.3, -0.25) is 19.7 Å². The molecular weight excluding hydrogens is 348 g/mol. The lowest BCUT2D eigenvalue weighted by Gasteiger charge is -2.33. The number of benzene rings is 1. The van der Waals surface area contributed by atoms with Crippen LogP contribution >= 0.6 is 11.3 Å². The predicted molar refractivity (Wildman–Crippen MR) is 90.9 cm³/mol. The summed E-state index contributed by atoms with van der Waals surface area (Å²) in [5.74, 6) is -1.32. The van der Waals surface area contributed by atoms with Crippen molar-refractivity contribution in [3.8, 4) is 0 Å². The lowest BCUT2D eigenvalue weighted by Crippen LogP contribution is -2.46. The van der Waals surface area contributed by atoms with E-state index in [2.05, 4.69) is 5.32 Å². The van der Waals surface area contributed by atoms with E-state index >= 15 is 0 Å². The molecule has 1 aliphatic rings. The van der Waals surface area contributed by atoms with Gasteiger partial charge in [-0.2, -0.15) is 0 Å². The van der Waals surface area contributed by atoms with Crippen LogP contribution in [0.1, 0.15) is 22.5 Å². The van der Waals surface area contributed by atoms with Gasteiger partial charge in [0.1, 0.15) is 0 Å². The Bertz CT molecular complexity index is 840. The molecule has 0 bridgehead atoms. The van der Waals surface area contributed by atoms with Crippen LogP contribution in [0.25, 0.3) is 10.1 Å². The van der Waals surface area contributed by atoms with Gasteiger partial charge in [-0.25, -0.2) is 0 Å². The zero-order valence-corrected chi connectivity index (χ0v) is 14.0. The van der Waals surface area contributed by atoms with E-state index in [1.165, 1.54) is 23.5 Å². The van der Waals surface area contributed by atoms with E-state index < -0.39 is 16.3 Å². The van der Waals surface area contributed by atoms with E-state index in [4.69, 9.17) is 4.74 Å². The highest BCUT2D eigenvalue weighted by Gasteiger charge is 2.40. The fourth-order valence-corrected chi connectivity index (χ4v) is 3.78. The summed E-state index contributed by atoms with van der Waals surface area (Å²) >= 11 is 1.21. The average Bonchev–Trinajstić information content (AvgIpc) is 3.03. The van der Waals surface area contributed by atoms with Crippen molar-refractivity contribution in [2.75, 3.05) is 19.8 Å². The Kier molecular flexibility index (Phi) is 4.69. The number of nitrogens with one attached hydrogen (secondary N) is 1. The number of nitro benzene ring substituents is 1. The average molecular weight is 364 g/mol. The number of ether oxygens (including phenoxy) is 1. The van der Waals surface area contributed by atoms with Gasteiger partial charge in [0.25, 0.3) is 11.6 Å². The molecule has 0 radical (unpaired) electrons. The van der Waals surface area contributed by atoms with Crippen molar-refractivity contribution in [2.45, 2.75) is 12.8 Å². The number of thiophene rings is 1. The van der Waals surface area contributed by atoms with E-state index in [0.29, 0.717) is 36.3 Å². The number of carboxylic acid groups (broad SMARTS) is 1. The fraction of sp³-hybridized carbons (Fsp3) is 0.375. The van der Waals surface area contributed by atoms with Crippen molar-refractivity contribution in [2.24, 2.45) is 5.41 Å². The number of carbonyl (C=O) groups is 2. The number of carbonyl (C=O) groups excluding carboxylic acids is 1. The summed E-state index contributed by atoms with van der Waals surface area (Å²) < 4.78 is 5.97. The number of carboxylic acids is 1. The number of non-ortho nitro benzene ring substituents is 1. The van der Waals surface area contributed by atoms with E-state index in [1.54, 1.807) is 12.1 Å². The largest absolute Gasteiger partial charge is 0.481 e. The highest BCUT2D eigenvalue weighted by atomic mass is 32.1. The fourth-order valence-electron chi connectivity index (χ4n) is 2.82. The molecule has 8 nitrogen and oxygen atoms in total. The highest BCUT2D eigenvalue weighted by Crippen LogP contribution is 2.31. The van der Waals surface area contributed by atoms with Crippen LogP contribution in [0.5, 0.6) is 0 Å². The molecule has 2 heterocycles. The van der Waals surface area contributed by atoms with Crippen LogP contribution in [-0.2, 0) is 9.53 Å². The molecule has 1 saturated heterocycles. The number of hydrogen-bond acceptors (Lipinski definition) is 6. The van der Waals surface area contributed by atoms with Gasteiger partial charge in [-0.15, -0.1) is 11.3 Å². The minimum absolute atomic E-state index is 0.0267. The molecule has 0 atom stereocenters. The van der Waals surface area contributed by atoms with Gasteiger partial charge in [0.15, 0.2) is 0 Å². The van der Waals surface area contributed by atoms with Crippen molar-refractivity contribution >= 4 is 39.0 Å². The Morgan fingerprint density at radius 2 is 2.04 bits per heavy atom. The van der Waals surface area contributed by atoms with E-state index in [1.807, 2.05) is 0 Å². The third-order valence-corrected chi connectivity index (χ3v) is 5.54. The monoisotopic (exact) mass is 364 g/mol. The normalized spacial score (nSPS) is 16.5. The van der Waals surface area contributed by atoms with Crippen LogP contribution in [-0.4, -0.2) is 41.7 Å². The molecule has 1 aromatic heterocycles. The van der Waals surface area contributed by atoms with Crippen molar-refractivity contribution in [1.82, 2.24) is 5.32 Å². The molecule has 1 aliphatic heterocycles. The van der Waals surface area contributed by atoms with Gasteiger partial charge >= 0.3 is 5.97 Å². The Morgan fingerprint density at radius 1 is 1.32 bits per heavy atom. The first-order valence-electron chi connectivity index (χ1n) is 7.69. The minimum atomic E-state index is -1.01. The summed E-state index contributed by atoms with van der Waals surface area (Å²) in [6.45, 7) is 0.738.